The number of amides is 1. The molecule has 0 unspecified atom stereocenters. The van der Waals surface area contributed by atoms with Crippen LogP contribution in [0.4, 0.5) is 0 Å². The van der Waals surface area contributed by atoms with Crippen molar-refractivity contribution in [3.8, 4) is 11.3 Å². The van der Waals surface area contributed by atoms with Crippen LogP contribution in [0, 0.1) is 0 Å². The van der Waals surface area contributed by atoms with Crippen LogP contribution in [0.3, 0.4) is 0 Å². The van der Waals surface area contributed by atoms with E-state index < -0.39 is 0 Å². The van der Waals surface area contributed by atoms with Crippen molar-refractivity contribution in [2.24, 2.45) is 0 Å². The molecule has 3 rings (SSSR count). The molecule has 1 aromatic heterocycles. The van der Waals surface area contributed by atoms with Gasteiger partial charge in [0.05, 0.1) is 0 Å². The van der Waals surface area contributed by atoms with Crippen molar-refractivity contribution in [2.45, 2.75) is 64.2 Å². The molecule has 2 N–H and O–H groups in total. The molecule has 0 bridgehead atoms. The molecule has 1 aliphatic heterocycles. The number of nitrogens with zero attached hydrogens (tertiary/aromatic N) is 1. The summed E-state index contributed by atoms with van der Waals surface area (Å²) in [6.45, 7) is 6.76. The lowest BCUT2D eigenvalue weighted by atomic mass is 10.1. The molecule has 1 aliphatic rings. The van der Waals surface area contributed by atoms with Crippen molar-refractivity contribution in [1.29, 1.82) is 0 Å². The topological polar surface area (TPSA) is 57.5 Å². The molecule has 0 saturated carbocycles. The maximum Gasteiger partial charge on any atom is 0.287 e. The first-order valence-corrected chi connectivity index (χ1v) is 12.7. The molecule has 2 aromatic rings. The van der Waals surface area contributed by atoms with E-state index in [0.29, 0.717) is 12.3 Å². The number of unbranched alkanes of at least 4 members (excludes halogenated alkanes) is 9. The van der Waals surface area contributed by atoms with Gasteiger partial charge in [0.15, 0.2) is 5.76 Å². The SMILES string of the molecule is O=C(NCCCCCCCCCCCCN1CCNCC1)c1ccc(-c2ccccc2)o1. The fourth-order valence-electron chi connectivity index (χ4n) is 4.32. The third-order valence-corrected chi connectivity index (χ3v) is 6.28. The Balaban J connectivity index is 1.11. The number of furan rings is 1. The summed E-state index contributed by atoms with van der Waals surface area (Å²) in [6, 6.07) is 13.5. The normalized spacial score (nSPS) is 14.5. The zero-order valence-corrected chi connectivity index (χ0v) is 19.6. The largest absolute Gasteiger partial charge is 0.451 e. The van der Waals surface area contributed by atoms with Crippen molar-refractivity contribution >= 4 is 5.91 Å². The molecule has 32 heavy (non-hydrogen) atoms. The fourth-order valence-corrected chi connectivity index (χ4v) is 4.32. The van der Waals surface area contributed by atoms with Crippen LogP contribution in [-0.4, -0.2) is 50.1 Å². The van der Waals surface area contributed by atoms with Gasteiger partial charge in [0.1, 0.15) is 5.76 Å². The minimum Gasteiger partial charge on any atom is -0.451 e. The highest BCUT2D eigenvalue weighted by Crippen LogP contribution is 2.21. The van der Waals surface area contributed by atoms with Crippen molar-refractivity contribution in [2.75, 3.05) is 39.3 Å². The van der Waals surface area contributed by atoms with Gasteiger partial charge in [0.25, 0.3) is 5.91 Å². The van der Waals surface area contributed by atoms with E-state index >= 15 is 0 Å². The minimum atomic E-state index is -0.121. The van der Waals surface area contributed by atoms with Crippen LogP contribution in [0.15, 0.2) is 46.9 Å². The molecule has 1 amide bonds. The van der Waals surface area contributed by atoms with Crippen LogP contribution in [-0.2, 0) is 0 Å². The molecule has 176 valence electrons. The second-order valence-electron chi connectivity index (χ2n) is 8.91. The van der Waals surface area contributed by atoms with E-state index in [-0.39, 0.29) is 5.91 Å². The summed E-state index contributed by atoms with van der Waals surface area (Å²) in [5.41, 5.74) is 0.988. The summed E-state index contributed by atoms with van der Waals surface area (Å²) >= 11 is 0. The van der Waals surface area contributed by atoms with Crippen molar-refractivity contribution in [3.63, 3.8) is 0 Å². The lowest BCUT2D eigenvalue weighted by molar-refractivity contribution is 0.0926. The first-order chi connectivity index (χ1) is 15.8. The number of rotatable bonds is 15. The molecule has 1 aromatic carbocycles. The first kappa shape index (κ1) is 24.5. The maximum atomic E-state index is 12.3. The van der Waals surface area contributed by atoms with Gasteiger partial charge in [0, 0.05) is 38.3 Å². The molecule has 1 fully saturated rings. The Labute approximate surface area is 194 Å². The van der Waals surface area contributed by atoms with E-state index in [1.807, 2.05) is 36.4 Å². The summed E-state index contributed by atoms with van der Waals surface area (Å²) in [5.74, 6) is 0.997. The Morgan fingerprint density at radius 3 is 2.12 bits per heavy atom. The van der Waals surface area contributed by atoms with Crippen LogP contribution in [0.2, 0.25) is 0 Å². The Morgan fingerprint density at radius 2 is 1.44 bits per heavy atom. The summed E-state index contributed by atoms with van der Waals surface area (Å²) in [5, 5.41) is 6.39. The second-order valence-corrected chi connectivity index (χ2v) is 8.91. The van der Waals surface area contributed by atoms with Crippen LogP contribution in [0.1, 0.15) is 74.8 Å². The summed E-state index contributed by atoms with van der Waals surface area (Å²) in [4.78, 5) is 14.8. The molecular formula is C27H41N3O2. The second kappa shape index (κ2) is 14.9. The van der Waals surface area contributed by atoms with Crippen molar-refractivity contribution < 1.29 is 9.21 Å². The van der Waals surface area contributed by atoms with E-state index in [2.05, 4.69) is 15.5 Å². The number of benzene rings is 1. The summed E-state index contributed by atoms with van der Waals surface area (Å²) in [7, 11) is 0. The molecule has 5 heteroatoms. The number of carbonyl (C=O) groups excluding carboxylic acids is 1. The Hall–Kier alpha value is -2.11. The average Bonchev–Trinajstić information content (AvgIpc) is 3.34. The predicted molar refractivity (Wildman–Crippen MR) is 132 cm³/mol. The lowest BCUT2D eigenvalue weighted by Gasteiger charge is -2.27. The molecule has 2 heterocycles. The molecular weight excluding hydrogens is 398 g/mol. The standard InChI is InChI=1S/C27H41N3O2/c31-27(26-17-16-25(32-26)24-14-10-9-11-15-24)29-18-12-7-5-3-1-2-4-6-8-13-21-30-22-19-28-20-23-30/h9-11,14-17,28H,1-8,12-13,18-23H2,(H,29,31). The van der Waals surface area contributed by atoms with E-state index in [1.165, 1.54) is 77.4 Å². The van der Waals surface area contributed by atoms with Crippen LogP contribution in [0.25, 0.3) is 11.3 Å². The van der Waals surface area contributed by atoms with Gasteiger partial charge in [-0.25, -0.2) is 0 Å². The Bertz CT molecular complexity index is 753. The first-order valence-electron chi connectivity index (χ1n) is 12.7. The molecule has 0 radical (unpaired) electrons. The van der Waals surface area contributed by atoms with E-state index in [9.17, 15) is 4.79 Å². The van der Waals surface area contributed by atoms with Gasteiger partial charge >= 0.3 is 0 Å². The number of carbonyl (C=O) groups is 1. The third-order valence-electron chi connectivity index (χ3n) is 6.28. The smallest absolute Gasteiger partial charge is 0.287 e. The zero-order valence-electron chi connectivity index (χ0n) is 19.6. The van der Waals surface area contributed by atoms with Gasteiger partial charge in [-0.05, 0) is 31.5 Å². The van der Waals surface area contributed by atoms with Crippen molar-refractivity contribution in [3.05, 3.63) is 48.2 Å². The van der Waals surface area contributed by atoms with E-state index in [1.54, 1.807) is 6.07 Å². The highest BCUT2D eigenvalue weighted by molar-refractivity contribution is 5.92. The van der Waals surface area contributed by atoms with E-state index in [0.717, 1.165) is 30.8 Å². The molecule has 0 atom stereocenters. The van der Waals surface area contributed by atoms with Gasteiger partial charge in [-0.1, -0.05) is 81.7 Å². The average molecular weight is 440 g/mol. The van der Waals surface area contributed by atoms with Gasteiger partial charge in [-0.15, -0.1) is 0 Å². The highest BCUT2D eigenvalue weighted by Gasteiger charge is 2.11. The monoisotopic (exact) mass is 439 g/mol. The summed E-state index contributed by atoms with van der Waals surface area (Å²) in [6.07, 6.45) is 13.0. The van der Waals surface area contributed by atoms with Gasteiger partial charge < -0.3 is 20.0 Å². The van der Waals surface area contributed by atoms with Gasteiger partial charge in [-0.3, -0.25) is 4.79 Å². The molecule has 0 spiro atoms. The van der Waals surface area contributed by atoms with Crippen molar-refractivity contribution in [1.82, 2.24) is 15.5 Å². The van der Waals surface area contributed by atoms with Crippen LogP contribution < -0.4 is 10.6 Å². The zero-order chi connectivity index (χ0) is 22.3. The minimum absolute atomic E-state index is 0.121. The maximum absolute atomic E-state index is 12.3. The number of hydrogen-bond acceptors (Lipinski definition) is 4. The number of nitrogens with one attached hydrogen (secondary N) is 2. The predicted octanol–water partition coefficient (Wildman–Crippen LogP) is 5.48. The van der Waals surface area contributed by atoms with Gasteiger partial charge in [0.2, 0.25) is 0 Å². The number of piperazine rings is 1. The fraction of sp³-hybridized carbons (Fsp3) is 0.593. The third kappa shape index (κ3) is 9.17. The van der Waals surface area contributed by atoms with Crippen LogP contribution >= 0.6 is 0 Å². The van der Waals surface area contributed by atoms with Crippen LogP contribution in [0.5, 0.6) is 0 Å². The van der Waals surface area contributed by atoms with Gasteiger partial charge in [-0.2, -0.15) is 0 Å². The Morgan fingerprint density at radius 1 is 0.812 bits per heavy atom. The number of hydrogen-bond donors (Lipinski definition) is 2. The molecule has 5 nitrogen and oxygen atoms in total. The Kier molecular flexibility index (Phi) is 11.4. The quantitative estimate of drug-likeness (QED) is 0.361. The highest BCUT2D eigenvalue weighted by atomic mass is 16.3. The van der Waals surface area contributed by atoms with E-state index in [4.69, 9.17) is 4.42 Å². The lowest BCUT2D eigenvalue weighted by Crippen LogP contribution is -2.43. The molecule has 1 saturated heterocycles. The molecule has 0 aliphatic carbocycles. The summed E-state index contributed by atoms with van der Waals surface area (Å²) < 4.78 is 5.70.